The van der Waals surface area contributed by atoms with Gasteiger partial charge in [0, 0.05) is 16.9 Å². The Labute approximate surface area is 419 Å². The molecule has 0 fully saturated rings. The normalized spacial score (nSPS) is 12.8. The quantitative estimate of drug-likeness (QED) is 0.150. The van der Waals surface area contributed by atoms with Gasteiger partial charge >= 0.3 is 0 Å². The standard InChI is InChI=1S/C71H45N/c1-2-19-48(20-3-1)53-22-6-7-23-54(53)65-44-64-62-30-14-17-33-68(62)71(66-31-15-12-28-60(66)61-29-13-16-32-67(61)71)69(64)45-70(65)72(51-38-36-47(37-39-51)50-35-34-46-18-4-5-21-49(46)42-50)52-40-41-59-57-26-9-8-24-55(57)56-25-10-11-27-58(56)63(59)43-52/h1-45H. The Kier molecular flexibility index (Phi) is 8.94. The van der Waals surface area contributed by atoms with Crippen molar-refractivity contribution in [1.29, 1.82) is 0 Å². The summed E-state index contributed by atoms with van der Waals surface area (Å²) in [4.78, 5) is 2.55. The average molecular weight is 912 g/mol. The average Bonchev–Trinajstić information content (AvgIpc) is 3.92. The fraction of sp³-hybridized carbons (Fsp3) is 0.0141. The Bertz CT molecular complexity index is 4250. The van der Waals surface area contributed by atoms with E-state index in [0.29, 0.717) is 0 Å². The molecule has 1 nitrogen and oxygen atoms in total. The van der Waals surface area contributed by atoms with Crippen molar-refractivity contribution in [1.82, 2.24) is 0 Å². The van der Waals surface area contributed by atoms with E-state index >= 15 is 0 Å². The molecule has 2 aliphatic rings. The lowest BCUT2D eigenvalue weighted by molar-refractivity contribution is 0.794. The van der Waals surface area contributed by atoms with E-state index in [1.165, 1.54) is 121 Å². The monoisotopic (exact) mass is 911 g/mol. The number of hydrogen-bond donors (Lipinski definition) is 0. The zero-order valence-electron chi connectivity index (χ0n) is 39.4. The van der Waals surface area contributed by atoms with Crippen molar-refractivity contribution in [2.75, 3.05) is 4.90 Å². The lowest BCUT2D eigenvalue weighted by atomic mass is 9.70. The Hall–Kier alpha value is -9.30. The molecule has 0 saturated heterocycles. The van der Waals surface area contributed by atoms with Crippen molar-refractivity contribution in [2.45, 2.75) is 5.41 Å². The van der Waals surface area contributed by atoms with Crippen molar-refractivity contribution in [3.8, 4) is 55.6 Å². The molecule has 0 saturated carbocycles. The predicted molar refractivity (Wildman–Crippen MR) is 304 cm³/mol. The molecule has 0 bridgehead atoms. The highest BCUT2D eigenvalue weighted by Crippen LogP contribution is 2.64. The number of rotatable bonds is 6. The summed E-state index contributed by atoms with van der Waals surface area (Å²) in [5, 5.41) is 10.0. The van der Waals surface area contributed by atoms with Crippen LogP contribution in [0.5, 0.6) is 0 Å². The summed E-state index contributed by atoms with van der Waals surface area (Å²) >= 11 is 0. The molecule has 0 heterocycles. The molecule has 2 aliphatic carbocycles. The molecule has 334 valence electrons. The van der Waals surface area contributed by atoms with Crippen LogP contribution in [0.4, 0.5) is 17.1 Å². The minimum absolute atomic E-state index is 0.532. The molecule has 0 aliphatic heterocycles. The van der Waals surface area contributed by atoms with Crippen molar-refractivity contribution >= 4 is 60.2 Å². The molecule has 0 atom stereocenters. The van der Waals surface area contributed by atoms with Crippen LogP contribution in [-0.4, -0.2) is 0 Å². The van der Waals surface area contributed by atoms with Gasteiger partial charge in [-0.2, -0.15) is 0 Å². The minimum Gasteiger partial charge on any atom is -0.310 e. The van der Waals surface area contributed by atoms with E-state index < -0.39 is 5.41 Å². The van der Waals surface area contributed by atoms with Gasteiger partial charge in [0.25, 0.3) is 0 Å². The second-order valence-electron chi connectivity index (χ2n) is 19.5. The van der Waals surface area contributed by atoms with E-state index in [1.54, 1.807) is 0 Å². The Balaban J connectivity index is 1.06. The molecule has 72 heavy (non-hydrogen) atoms. The highest BCUT2D eigenvalue weighted by Gasteiger charge is 2.52. The first kappa shape index (κ1) is 40.6. The molecule has 13 aromatic rings. The summed E-state index contributed by atoms with van der Waals surface area (Å²) in [7, 11) is 0. The smallest absolute Gasteiger partial charge is 0.0726 e. The zero-order chi connectivity index (χ0) is 47.3. The van der Waals surface area contributed by atoms with Gasteiger partial charge in [0.05, 0.1) is 11.1 Å². The fourth-order valence-electron chi connectivity index (χ4n) is 12.7. The Morgan fingerprint density at radius 3 is 1.33 bits per heavy atom. The van der Waals surface area contributed by atoms with Gasteiger partial charge in [-0.3, -0.25) is 0 Å². The minimum atomic E-state index is -0.532. The summed E-state index contributed by atoms with van der Waals surface area (Å²) in [6, 6.07) is 102. The third kappa shape index (κ3) is 5.89. The van der Waals surface area contributed by atoms with Gasteiger partial charge in [0.1, 0.15) is 0 Å². The zero-order valence-corrected chi connectivity index (χ0v) is 39.4. The van der Waals surface area contributed by atoms with Crippen LogP contribution in [-0.2, 0) is 5.41 Å². The number of fused-ring (bicyclic) bond motifs is 17. The van der Waals surface area contributed by atoms with E-state index in [4.69, 9.17) is 0 Å². The van der Waals surface area contributed by atoms with Crippen molar-refractivity contribution in [3.63, 3.8) is 0 Å². The van der Waals surface area contributed by atoms with Gasteiger partial charge < -0.3 is 4.90 Å². The first-order chi connectivity index (χ1) is 35.7. The van der Waals surface area contributed by atoms with Crippen molar-refractivity contribution < 1.29 is 0 Å². The summed E-state index contributed by atoms with van der Waals surface area (Å²) in [5.41, 5.74) is 20.3. The molecule has 15 rings (SSSR count). The first-order valence-electron chi connectivity index (χ1n) is 25.1. The van der Waals surface area contributed by atoms with E-state index in [-0.39, 0.29) is 0 Å². The highest BCUT2D eigenvalue weighted by molar-refractivity contribution is 6.26. The van der Waals surface area contributed by atoms with Crippen LogP contribution in [0.3, 0.4) is 0 Å². The van der Waals surface area contributed by atoms with Gasteiger partial charge in [-0.25, -0.2) is 0 Å². The Morgan fingerprint density at radius 1 is 0.222 bits per heavy atom. The van der Waals surface area contributed by atoms with E-state index in [0.717, 1.165) is 17.1 Å². The molecule has 1 spiro atoms. The number of nitrogens with zero attached hydrogens (tertiary/aromatic N) is 1. The molecule has 0 aromatic heterocycles. The lowest BCUT2D eigenvalue weighted by Gasteiger charge is -2.33. The van der Waals surface area contributed by atoms with Crippen LogP contribution in [0.15, 0.2) is 273 Å². The third-order valence-corrected chi connectivity index (χ3v) is 15.9. The number of benzene rings is 13. The summed E-state index contributed by atoms with van der Waals surface area (Å²) in [5.74, 6) is 0. The Morgan fingerprint density at radius 2 is 0.694 bits per heavy atom. The van der Waals surface area contributed by atoms with Crippen LogP contribution in [0.1, 0.15) is 22.3 Å². The van der Waals surface area contributed by atoms with Crippen LogP contribution in [0, 0.1) is 0 Å². The maximum Gasteiger partial charge on any atom is 0.0726 e. The largest absolute Gasteiger partial charge is 0.310 e. The van der Waals surface area contributed by atoms with E-state index in [1.807, 2.05) is 0 Å². The molecular formula is C71H45N. The fourth-order valence-corrected chi connectivity index (χ4v) is 12.7. The van der Waals surface area contributed by atoms with Gasteiger partial charge in [-0.05, 0) is 158 Å². The highest BCUT2D eigenvalue weighted by atomic mass is 15.1. The van der Waals surface area contributed by atoms with Gasteiger partial charge in [-0.15, -0.1) is 0 Å². The molecule has 1 heteroatoms. The van der Waals surface area contributed by atoms with Crippen molar-refractivity contribution in [2.24, 2.45) is 0 Å². The van der Waals surface area contributed by atoms with Crippen LogP contribution >= 0.6 is 0 Å². The second kappa shape index (κ2) is 15.9. The summed E-state index contributed by atoms with van der Waals surface area (Å²) in [6.07, 6.45) is 0. The molecule has 0 radical (unpaired) electrons. The lowest BCUT2D eigenvalue weighted by Crippen LogP contribution is -2.26. The summed E-state index contributed by atoms with van der Waals surface area (Å²) in [6.45, 7) is 0. The molecule has 0 amide bonds. The molecule has 0 N–H and O–H groups in total. The third-order valence-electron chi connectivity index (χ3n) is 15.9. The predicted octanol–water partition coefficient (Wildman–Crippen LogP) is 19.1. The molecule has 0 unspecified atom stereocenters. The van der Waals surface area contributed by atoms with Crippen LogP contribution in [0.2, 0.25) is 0 Å². The van der Waals surface area contributed by atoms with E-state index in [9.17, 15) is 0 Å². The van der Waals surface area contributed by atoms with Gasteiger partial charge in [-0.1, -0.05) is 231 Å². The van der Waals surface area contributed by atoms with Crippen LogP contribution < -0.4 is 4.90 Å². The topological polar surface area (TPSA) is 3.24 Å². The first-order valence-corrected chi connectivity index (χ1v) is 25.1. The van der Waals surface area contributed by atoms with Gasteiger partial charge in [0.15, 0.2) is 0 Å². The maximum absolute atomic E-state index is 2.57. The molecular weight excluding hydrogens is 867 g/mol. The van der Waals surface area contributed by atoms with Crippen molar-refractivity contribution in [3.05, 3.63) is 295 Å². The number of anilines is 3. The SMILES string of the molecule is c1ccc(-c2ccccc2-c2cc3c(cc2N(c2ccc(-c4ccc5ccccc5c4)cc2)c2ccc4c5ccccc5c5ccccc5c4c2)C2(c4ccccc4-c4ccccc42)c2ccccc2-3)cc1. The molecule has 13 aromatic carbocycles. The van der Waals surface area contributed by atoms with Gasteiger partial charge in [0.2, 0.25) is 0 Å². The maximum atomic E-state index is 2.57. The summed E-state index contributed by atoms with van der Waals surface area (Å²) < 4.78 is 0. The number of hydrogen-bond acceptors (Lipinski definition) is 1. The van der Waals surface area contributed by atoms with Crippen LogP contribution in [0.25, 0.3) is 98.7 Å². The van der Waals surface area contributed by atoms with E-state index in [2.05, 4.69) is 278 Å². The second-order valence-corrected chi connectivity index (χ2v) is 19.5.